The molecule has 2 aliphatic heterocycles. The molecule has 0 aromatic carbocycles. The van der Waals surface area contributed by atoms with Crippen molar-refractivity contribution in [1.29, 1.82) is 0 Å². The van der Waals surface area contributed by atoms with Crippen LogP contribution in [0.25, 0.3) is 10.6 Å². The molecule has 200 valence electrons. The summed E-state index contributed by atoms with van der Waals surface area (Å²) in [6, 6.07) is 6.80. The van der Waals surface area contributed by atoms with E-state index in [2.05, 4.69) is 31.2 Å². The third kappa shape index (κ3) is 6.45. The van der Waals surface area contributed by atoms with Crippen LogP contribution in [0.5, 0.6) is 0 Å². The van der Waals surface area contributed by atoms with Gasteiger partial charge in [0.05, 0.1) is 22.0 Å². The van der Waals surface area contributed by atoms with Gasteiger partial charge in [0, 0.05) is 30.5 Å². The number of alkyl halides is 3. The van der Waals surface area contributed by atoms with E-state index >= 15 is 0 Å². The van der Waals surface area contributed by atoms with Gasteiger partial charge in [0.1, 0.15) is 4.88 Å². The molecule has 4 heterocycles. The first-order valence-electron chi connectivity index (χ1n) is 12.1. The number of pyridine rings is 1. The van der Waals surface area contributed by atoms with Crippen molar-refractivity contribution >= 4 is 40.2 Å². The molecule has 0 bridgehead atoms. The van der Waals surface area contributed by atoms with Gasteiger partial charge in [-0.15, -0.1) is 11.3 Å². The number of hydrogen-bond acceptors (Lipinski definition) is 9. The minimum Gasteiger partial charge on any atom is -0.353 e. The summed E-state index contributed by atoms with van der Waals surface area (Å²) in [4.78, 5) is 32.2. The van der Waals surface area contributed by atoms with E-state index in [0.717, 1.165) is 49.1 Å². The number of rotatable bonds is 6. The Morgan fingerprint density at radius 1 is 1.08 bits per heavy atom. The summed E-state index contributed by atoms with van der Waals surface area (Å²) in [5.74, 6) is 0.241. The Labute approximate surface area is 225 Å². The fourth-order valence-electron chi connectivity index (χ4n) is 4.51. The van der Waals surface area contributed by atoms with Crippen molar-refractivity contribution in [3.8, 4) is 10.6 Å². The lowest BCUT2D eigenvalue weighted by atomic mass is 9.91. The van der Waals surface area contributed by atoms with Crippen molar-refractivity contribution in [2.45, 2.75) is 50.5 Å². The highest BCUT2D eigenvalue weighted by atomic mass is 32.2. The zero-order valence-corrected chi connectivity index (χ0v) is 21.7. The molecule has 5 rings (SSSR count). The van der Waals surface area contributed by atoms with Gasteiger partial charge >= 0.3 is 6.18 Å². The van der Waals surface area contributed by atoms with Gasteiger partial charge in [-0.1, -0.05) is 6.07 Å². The molecule has 8 nitrogen and oxygen atoms in total. The van der Waals surface area contributed by atoms with E-state index < -0.39 is 17.0 Å². The fraction of sp³-hybridized carbons (Fsp3) is 0.360. The molecule has 2 aromatic heterocycles. The van der Waals surface area contributed by atoms with Crippen LogP contribution in [-0.2, 0) is 17.5 Å². The van der Waals surface area contributed by atoms with Crippen molar-refractivity contribution in [2.75, 3.05) is 6.54 Å². The molecule has 2 aromatic rings. The maximum Gasteiger partial charge on any atom is 0.425 e. The number of aromatic nitrogens is 1. The van der Waals surface area contributed by atoms with Crippen LogP contribution >= 0.6 is 23.1 Å². The van der Waals surface area contributed by atoms with Crippen LogP contribution < -0.4 is 21.3 Å². The molecule has 1 saturated carbocycles. The van der Waals surface area contributed by atoms with Gasteiger partial charge in [-0.25, -0.2) is 4.99 Å². The zero-order valence-electron chi connectivity index (χ0n) is 20.1. The normalized spacial score (nSPS) is 23.1. The predicted molar refractivity (Wildman–Crippen MR) is 141 cm³/mol. The average molecular weight is 563 g/mol. The Kier molecular flexibility index (Phi) is 7.86. The van der Waals surface area contributed by atoms with Crippen LogP contribution in [0.15, 0.2) is 58.2 Å². The molecule has 3 aliphatic rings. The number of carbonyl (C=O) groups is 2. The van der Waals surface area contributed by atoms with Crippen LogP contribution in [0, 0.1) is 0 Å². The van der Waals surface area contributed by atoms with Crippen molar-refractivity contribution in [2.24, 2.45) is 4.99 Å². The molecular formula is C25H25F3N6O2S2. The van der Waals surface area contributed by atoms with Crippen molar-refractivity contribution in [1.82, 2.24) is 26.3 Å². The summed E-state index contributed by atoms with van der Waals surface area (Å²) in [6.45, 7) is 0.990. The Balaban J connectivity index is 1.10. The lowest BCUT2D eigenvalue weighted by molar-refractivity contribution is -0.134. The van der Waals surface area contributed by atoms with Crippen LogP contribution in [0.1, 0.15) is 36.1 Å². The molecule has 0 radical (unpaired) electrons. The SMILES string of the molecule is O=C1NC(=O)/C(=C/C2=CCN=C(NC3CCC(NCc4cccnc4-c4ccc(C(F)(F)F)s4)CC3)N2)S1. The number of amides is 2. The maximum atomic E-state index is 13.0. The van der Waals surface area contributed by atoms with Gasteiger partial charge in [0.15, 0.2) is 5.96 Å². The van der Waals surface area contributed by atoms with Crippen molar-refractivity contribution < 1.29 is 22.8 Å². The summed E-state index contributed by atoms with van der Waals surface area (Å²) >= 11 is 1.58. The minimum absolute atomic E-state index is 0.234. The summed E-state index contributed by atoms with van der Waals surface area (Å²) in [5.41, 5.74) is 2.16. The van der Waals surface area contributed by atoms with Gasteiger partial charge in [-0.2, -0.15) is 13.2 Å². The number of allylic oxidation sites excluding steroid dienone is 1. The fourth-order valence-corrected chi connectivity index (χ4v) is 6.09. The van der Waals surface area contributed by atoms with Crippen LogP contribution in [0.3, 0.4) is 0 Å². The predicted octanol–water partition coefficient (Wildman–Crippen LogP) is 4.53. The van der Waals surface area contributed by atoms with E-state index in [1.54, 1.807) is 18.3 Å². The smallest absolute Gasteiger partial charge is 0.353 e. The summed E-state index contributed by atoms with van der Waals surface area (Å²) in [6.07, 6.45) is 4.45. The molecule has 2 amide bonds. The molecule has 0 unspecified atom stereocenters. The molecule has 0 atom stereocenters. The number of nitrogens with zero attached hydrogens (tertiary/aromatic N) is 2. The number of aliphatic imine (C=N–C) groups is 1. The first kappa shape index (κ1) is 26.4. The Bertz CT molecular complexity index is 1310. The van der Waals surface area contributed by atoms with Gasteiger partial charge in [0.2, 0.25) is 0 Å². The lowest BCUT2D eigenvalue weighted by Crippen LogP contribution is -2.47. The van der Waals surface area contributed by atoms with Gasteiger partial charge in [0.25, 0.3) is 11.1 Å². The van der Waals surface area contributed by atoms with Crippen molar-refractivity contribution in [3.63, 3.8) is 0 Å². The minimum atomic E-state index is -4.36. The second kappa shape index (κ2) is 11.3. The quantitative estimate of drug-likeness (QED) is 0.383. The molecule has 13 heteroatoms. The molecule has 38 heavy (non-hydrogen) atoms. The highest BCUT2D eigenvalue weighted by Gasteiger charge is 2.33. The number of thioether (sulfide) groups is 1. The average Bonchev–Trinajstić information content (AvgIpc) is 3.51. The van der Waals surface area contributed by atoms with E-state index in [-0.39, 0.29) is 17.3 Å². The van der Waals surface area contributed by atoms with E-state index in [1.807, 2.05) is 12.1 Å². The standard InChI is InChI=1S/C25H25F3N6O2S2/c26-25(27,28)20-8-7-18(37-20)21-14(2-1-10-29-21)13-31-15-3-5-16(6-4-15)32-23-30-11-9-17(33-23)12-19-22(35)34-24(36)38-19/h1-2,7-10,12,15-16,31H,3-6,11,13H2,(H2,30,32,33)(H,34,35,36)/b19-12-. The first-order chi connectivity index (χ1) is 18.2. The van der Waals surface area contributed by atoms with E-state index in [4.69, 9.17) is 0 Å². The first-order valence-corrected chi connectivity index (χ1v) is 13.8. The van der Waals surface area contributed by atoms with Crippen molar-refractivity contribution in [3.05, 3.63) is 63.7 Å². The van der Waals surface area contributed by atoms with Gasteiger partial charge in [-0.05, 0) is 73.4 Å². The Morgan fingerprint density at radius 2 is 1.87 bits per heavy atom. The molecule has 1 aliphatic carbocycles. The monoisotopic (exact) mass is 562 g/mol. The summed E-state index contributed by atoms with van der Waals surface area (Å²) in [7, 11) is 0. The summed E-state index contributed by atoms with van der Waals surface area (Å²) in [5, 5.41) is 12.0. The number of carbonyl (C=O) groups excluding carboxylic acids is 2. The second-order valence-corrected chi connectivity index (χ2v) is 11.2. The third-order valence-corrected chi connectivity index (χ3v) is 8.36. The molecular weight excluding hydrogens is 537 g/mol. The molecule has 1 saturated heterocycles. The van der Waals surface area contributed by atoms with E-state index in [1.165, 1.54) is 6.07 Å². The highest BCUT2D eigenvalue weighted by molar-refractivity contribution is 8.18. The topological polar surface area (TPSA) is 108 Å². The molecule has 2 fully saturated rings. The molecule has 4 N–H and O–H groups in total. The zero-order chi connectivity index (χ0) is 26.7. The number of thiophene rings is 1. The molecule has 0 spiro atoms. The number of nitrogens with one attached hydrogen (secondary N) is 4. The number of hydrogen-bond donors (Lipinski definition) is 4. The number of imide groups is 1. The largest absolute Gasteiger partial charge is 0.425 e. The second-order valence-electron chi connectivity index (χ2n) is 9.07. The number of halogens is 3. The Hall–Kier alpha value is -3.16. The van der Waals surface area contributed by atoms with Gasteiger partial charge < -0.3 is 16.0 Å². The lowest BCUT2D eigenvalue weighted by Gasteiger charge is -2.31. The van der Waals surface area contributed by atoms with Gasteiger partial charge in [-0.3, -0.25) is 19.9 Å². The van der Waals surface area contributed by atoms with Crippen LogP contribution in [0.4, 0.5) is 18.0 Å². The maximum absolute atomic E-state index is 13.0. The number of guanidine groups is 1. The third-order valence-electron chi connectivity index (χ3n) is 6.41. The van der Waals surface area contributed by atoms with Crippen LogP contribution in [-0.4, -0.2) is 40.7 Å². The Morgan fingerprint density at radius 3 is 2.58 bits per heavy atom. The summed E-state index contributed by atoms with van der Waals surface area (Å²) < 4.78 is 39.1. The highest BCUT2D eigenvalue weighted by Crippen LogP contribution is 2.38. The van der Waals surface area contributed by atoms with Crippen LogP contribution in [0.2, 0.25) is 0 Å². The van der Waals surface area contributed by atoms with E-state index in [9.17, 15) is 22.8 Å². The van der Waals surface area contributed by atoms with E-state index in [0.29, 0.717) is 51.6 Å².